The van der Waals surface area contributed by atoms with E-state index in [2.05, 4.69) is 5.32 Å². The van der Waals surface area contributed by atoms with E-state index in [4.69, 9.17) is 0 Å². The first-order valence-electron chi connectivity index (χ1n) is 10.7. The Hall–Kier alpha value is -2.92. The maximum atomic E-state index is 13.1. The van der Waals surface area contributed by atoms with Crippen LogP contribution in [0.25, 0.3) is 0 Å². The Kier molecular flexibility index (Phi) is 7.67. The molecule has 2 amide bonds. The van der Waals surface area contributed by atoms with E-state index >= 15 is 0 Å². The Balaban J connectivity index is 1.65. The number of carbonyl (C=O) groups is 2. The number of hydrogen-bond acceptors (Lipinski definition) is 4. The van der Waals surface area contributed by atoms with Gasteiger partial charge in [-0.25, -0.2) is 8.42 Å². The fourth-order valence-corrected chi connectivity index (χ4v) is 5.42. The molecule has 1 aliphatic rings. The molecule has 1 unspecified atom stereocenters. The molecule has 1 saturated heterocycles. The van der Waals surface area contributed by atoms with Crippen LogP contribution >= 0.6 is 0 Å². The van der Waals surface area contributed by atoms with E-state index in [0.717, 1.165) is 29.9 Å². The van der Waals surface area contributed by atoms with Crippen LogP contribution in [0.1, 0.15) is 35.7 Å². The number of piperidine rings is 1. The standard InChI is InChI=1S/C23H26F3N3O4S/c1-16-6-5-13-29(14-16)34(32,33)18-11-9-17(10-12-18)22(31)28(2)15-21(30)27-20-8-4-3-7-19(20)23(24,25)26/h3-4,7-12,16H,5-6,13-15H2,1-2H3,(H,27,30). The number of nitrogens with one attached hydrogen (secondary N) is 1. The lowest BCUT2D eigenvalue weighted by molar-refractivity contribution is -0.137. The normalized spacial score (nSPS) is 17.3. The fraction of sp³-hybridized carbons (Fsp3) is 0.391. The molecule has 184 valence electrons. The minimum absolute atomic E-state index is 0.0716. The number of anilines is 1. The molecule has 0 aliphatic carbocycles. The van der Waals surface area contributed by atoms with Crippen molar-refractivity contribution < 1.29 is 31.2 Å². The van der Waals surface area contributed by atoms with Gasteiger partial charge < -0.3 is 10.2 Å². The number of sulfonamides is 1. The number of carbonyl (C=O) groups excluding carboxylic acids is 2. The summed E-state index contributed by atoms with van der Waals surface area (Å²) in [5, 5.41) is 2.19. The number of rotatable bonds is 6. The molecular formula is C23H26F3N3O4S. The predicted octanol–water partition coefficient (Wildman–Crippen LogP) is 3.84. The predicted molar refractivity (Wildman–Crippen MR) is 121 cm³/mol. The Morgan fingerprint density at radius 1 is 1.12 bits per heavy atom. The summed E-state index contributed by atoms with van der Waals surface area (Å²) in [5.74, 6) is -1.10. The summed E-state index contributed by atoms with van der Waals surface area (Å²) in [6.45, 7) is 2.40. The van der Waals surface area contributed by atoms with Gasteiger partial charge in [-0.15, -0.1) is 0 Å². The zero-order valence-corrected chi connectivity index (χ0v) is 19.6. The Labute approximate surface area is 196 Å². The molecule has 7 nitrogen and oxygen atoms in total. The molecule has 34 heavy (non-hydrogen) atoms. The van der Waals surface area contributed by atoms with Crippen molar-refractivity contribution in [3.63, 3.8) is 0 Å². The van der Waals surface area contributed by atoms with E-state index in [1.165, 1.54) is 47.8 Å². The quantitative estimate of drug-likeness (QED) is 0.657. The summed E-state index contributed by atoms with van der Waals surface area (Å²) >= 11 is 0. The van der Waals surface area contributed by atoms with Crippen molar-refractivity contribution in [1.82, 2.24) is 9.21 Å². The van der Waals surface area contributed by atoms with Crippen LogP contribution in [0.3, 0.4) is 0 Å². The number of halogens is 3. The number of amides is 2. The van der Waals surface area contributed by atoms with Crippen molar-refractivity contribution in [1.29, 1.82) is 0 Å². The van der Waals surface area contributed by atoms with Gasteiger partial charge in [-0.1, -0.05) is 19.1 Å². The van der Waals surface area contributed by atoms with Gasteiger partial charge in [0.15, 0.2) is 0 Å². The summed E-state index contributed by atoms with van der Waals surface area (Å²) in [6.07, 6.45) is -2.88. The number of hydrogen-bond donors (Lipinski definition) is 1. The fourth-order valence-electron chi connectivity index (χ4n) is 3.82. The summed E-state index contributed by atoms with van der Waals surface area (Å²) in [7, 11) is -2.34. The maximum Gasteiger partial charge on any atom is 0.418 e. The van der Waals surface area contributed by atoms with Crippen LogP contribution in [0.4, 0.5) is 18.9 Å². The van der Waals surface area contributed by atoms with Crippen LogP contribution < -0.4 is 5.32 Å². The van der Waals surface area contributed by atoms with Gasteiger partial charge in [-0.2, -0.15) is 17.5 Å². The number of benzene rings is 2. The summed E-state index contributed by atoms with van der Waals surface area (Å²) < 4.78 is 66.5. The second kappa shape index (κ2) is 10.1. The Morgan fingerprint density at radius 3 is 2.38 bits per heavy atom. The highest BCUT2D eigenvalue weighted by atomic mass is 32.2. The second-order valence-electron chi connectivity index (χ2n) is 8.39. The number of nitrogens with zero attached hydrogens (tertiary/aromatic N) is 2. The molecular weight excluding hydrogens is 471 g/mol. The van der Waals surface area contributed by atoms with Crippen LogP contribution in [0.5, 0.6) is 0 Å². The van der Waals surface area contributed by atoms with E-state index < -0.39 is 45.8 Å². The molecule has 0 radical (unpaired) electrons. The maximum absolute atomic E-state index is 13.1. The summed E-state index contributed by atoms with van der Waals surface area (Å²) in [5.41, 5.74) is -1.24. The lowest BCUT2D eigenvalue weighted by Gasteiger charge is -2.30. The van der Waals surface area contributed by atoms with Gasteiger partial charge in [0.2, 0.25) is 15.9 Å². The highest BCUT2D eigenvalue weighted by Gasteiger charge is 2.34. The molecule has 0 aromatic heterocycles. The lowest BCUT2D eigenvalue weighted by atomic mass is 10.0. The van der Waals surface area contributed by atoms with Crippen molar-refractivity contribution in [2.75, 3.05) is 32.0 Å². The van der Waals surface area contributed by atoms with Crippen LogP contribution in [0, 0.1) is 5.92 Å². The highest BCUT2D eigenvalue weighted by molar-refractivity contribution is 7.89. The highest BCUT2D eigenvalue weighted by Crippen LogP contribution is 2.34. The van der Waals surface area contributed by atoms with Crippen LogP contribution in [0.15, 0.2) is 53.4 Å². The van der Waals surface area contributed by atoms with Gasteiger partial charge >= 0.3 is 6.18 Å². The monoisotopic (exact) mass is 497 g/mol. The first kappa shape index (κ1) is 25.7. The van der Waals surface area contributed by atoms with E-state index in [0.29, 0.717) is 13.1 Å². The Bertz CT molecular complexity index is 1150. The summed E-state index contributed by atoms with van der Waals surface area (Å²) in [6, 6.07) is 9.95. The molecule has 1 aliphatic heterocycles. The van der Waals surface area contributed by atoms with Gasteiger partial charge in [-0.05, 0) is 55.2 Å². The van der Waals surface area contributed by atoms with Crippen molar-refractivity contribution in [3.05, 3.63) is 59.7 Å². The number of alkyl halides is 3. The SMILES string of the molecule is CC1CCCN(S(=O)(=O)c2ccc(C(=O)N(C)CC(=O)Nc3ccccc3C(F)(F)F)cc2)C1. The molecule has 11 heteroatoms. The molecule has 1 heterocycles. The molecule has 0 spiro atoms. The van der Waals surface area contributed by atoms with Crippen LogP contribution in [-0.4, -0.2) is 56.1 Å². The van der Waals surface area contributed by atoms with Gasteiger partial charge in [0.05, 0.1) is 22.7 Å². The third kappa shape index (κ3) is 5.95. The largest absolute Gasteiger partial charge is 0.418 e. The topological polar surface area (TPSA) is 86.8 Å². The molecule has 2 aromatic rings. The van der Waals surface area contributed by atoms with E-state index in [-0.39, 0.29) is 16.4 Å². The molecule has 1 atom stereocenters. The third-order valence-corrected chi connectivity index (χ3v) is 7.47. The zero-order valence-electron chi connectivity index (χ0n) is 18.8. The minimum atomic E-state index is -4.64. The summed E-state index contributed by atoms with van der Waals surface area (Å²) in [4.78, 5) is 26.1. The number of likely N-dealkylation sites (N-methyl/N-ethyl adjacent to an activating group) is 1. The molecule has 2 aromatic carbocycles. The minimum Gasteiger partial charge on any atom is -0.332 e. The third-order valence-electron chi connectivity index (χ3n) is 5.59. The Morgan fingerprint density at radius 2 is 1.76 bits per heavy atom. The van der Waals surface area contributed by atoms with Crippen LogP contribution in [0.2, 0.25) is 0 Å². The van der Waals surface area contributed by atoms with E-state index in [9.17, 15) is 31.2 Å². The zero-order chi connectivity index (χ0) is 25.1. The molecule has 3 rings (SSSR count). The van der Waals surface area contributed by atoms with Gasteiger partial charge in [0, 0.05) is 25.7 Å². The van der Waals surface area contributed by atoms with Crippen LogP contribution in [-0.2, 0) is 21.0 Å². The van der Waals surface area contributed by atoms with E-state index in [1.54, 1.807) is 0 Å². The van der Waals surface area contributed by atoms with E-state index in [1.807, 2.05) is 6.92 Å². The number of para-hydroxylation sites is 1. The van der Waals surface area contributed by atoms with Crippen molar-refractivity contribution in [2.24, 2.45) is 5.92 Å². The molecule has 0 saturated carbocycles. The van der Waals surface area contributed by atoms with Gasteiger partial charge in [-0.3, -0.25) is 9.59 Å². The first-order chi connectivity index (χ1) is 15.9. The van der Waals surface area contributed by atoms with Crippen molar-refractivity contribution in [2.45, 2.75) is 30.8 Å². The van der Waals surface area contributed by atoms with Gasteiger partial charge in [0.25, 0.3) is 5.91 Å². The first-order valence-corrected chi connectivity index (χ1v) is 12.2. The van der Waals surface area contributed by atoms with Gasteiger partial charge in [0.1, 0.15) is 0 Å². The van der Waals surface area contributed by atoms with Crippen molar-refractivity contribution in [3.8, 4) is 0 Å². The average Bonchev–Trinajstić information content (AvgIpc) is 2.78. The molecule has 0 bridgehead atoms. The molecule has 1 fully saturated rings. The smallest absolute Gasteiger partial charge is 0.332 e. The second-order valence-corrected chi connectivity index (χ2v) is 10.3. The average molecular weight is 498 g/mol. The molecule has 1 N–H and O–H groups in total. The van der Waals surface area contributed by atoms with Crippen molar-refractivity contribution >= 4 is 27.5 Å². The lowest BCUT2D eigenvalue weighted by Crippen LogP contribution is -2.39.